The van der Waals surface area contributed by atoms with E-state index in [1.165, 1.54) is 0 Å². The highest BCUT2D eigenvalue weighted by molar-refractivity contribution is 5.81. The minimum atomic E-state index is -1.13. The van der Waals surface area contributed by atoms with Crippen LogP contribution in [-0.2, 0) is 23.8 Å². The van der Waals surface area contributed by atoms with Crippen molar-refractivity contribution in [1.29, 1.82) is 0 Å². The fourth-order valence-corrected chi connectivity index (χ4v) is 5.14. The topological polar surface area (TPSA) is 155 Å². The molecule has 2 aliphatic rings. The molecule has 0 spiro atoms. The summed E-state index contributed by atoms with van der Waals surface area (Å²) in [5.74, 6) is -0.261. The molecule has 1 aliphatic carbocycles. The molecule has 2 fully saturated rings. The lowest BCUT2D eigenvalue weighted by Gasteiger charge is -2.40. The van der Waals surface area contributed by atoms with E-state index >= 15 is 0 Å². The second kappa shape index (κ2) is 19.8. The standard InChI is InChI=1S/C26H47NO9.C2H6/c1-17-24(32)25(33)22(16-29)36-26(17)35-12-8-4-6-10-23(31)27-11-7-3-5-9-21(30)20-14-19(34-2)13-18(20)15-28;1-2/h17-20,22,24-26,28-29,32-33H,3-16H2,1-2H3,(H,27,31);1-2H3/t17?,18-,19+,20?,22?,24+,25-,26+;/m0./s1. The molecule has 5 N–H and O–H groups in total. The Kier molecular flexibility index (Phi) is 18.2. The molecule has 3 unspecified atom stereocenters. The molecule has 10 heteroatoms. The van der Waals surface area contributed by atoms with Gasteiger partial charge in [-0.15, -0.1) is 0 Å². The lowest BCUT2D eigenvalue weighted by molar-refractivity contribution is -0.282. The number of Topliss-reactive ketones (excluding diaryl/α,β-unsaturated/α-hetero) is 1. The predicted octanol–water partition coefficient (Wildman–Crippen LogP) is 1.94. The molecular formula is C28H53NO9. The van der Waals surface area contributed by atoms with Gasteiger partial charge in [-0.25, -0.2) is 0 Å². The number of carbonyl (C=O) groups excluding carboxylic acids is 2. The smallest absolute Gasteiger partial charge is 0.219 e. The third kappa shape index (κ3) is 11.5. The normalized spacial score (nSPS) is 30.9. The van der Waals surface area contributed by atoms with Gasteiger partial charge >= 0.3 is 0 Å². The van der Waals surface area contributed by atoms with Gasteiger partial charge in [-0.2, -0.15) is 0 Å². The third-order valence-electron chi connectivity index (χ3n) is 7.57. The van der Waals surface area contributed by atoms with Crippen molar-refractivity contribution >= 4 is 11.7 Å². The van der Waals surface area contributed by atoms with Crippen LogP contribution in [0.1, 0.15) is 85.0 Å². The lowest BCUT2D eigenvalue weighted by Crippen LogP contribution is -2.55. The average Bonchev–Trinajstić information content (AvgIpc) is 3.37. The van der Waals surface area contributed by atoms with Crippen molar-refractivity contribution in [2.75, 3.05) is 33.5 Å². The second-order valence-corrected chi connectivity index (χ2v) is 10.3. The Morgan fingerprint density at radius 3 is 2.26 bits per heavy atom. The molecule has 1 amide bonds. The van der Waals surface area contributed by atoms with Gasteiger partial charge in [0, 0.05) is 51.5 Å². The van der Waals surface area contributed by atoms with E-state index in [4.69, 9.17) is 14.2 Å². The number of carbonyl (C=O) groups is 2. The number of rotatable bonds is 17. The van der Waals surface area contributed by atoms with E-state index in [9.17, 15) is 30.0 Å². The van der Waals surface area contributed by atoms with E-state index in [1.54, 1.807) is 14.0 Å². The molecule has 0 radical (unpaired) electrons. The van der Waals surface area contributed by atoms with E-state index < -0.39 is 37.1 Å². The fraction of sp³-hybridized carbons (Fsp3) is 0.929. The lowest BCUT2D eigenvalue weighted by atomic mass is 9.90. The zero-order chi connectivity index (χ0) is 28.5. The van der Waals surface area contributed by atoms with E-state index in [2.05, 4.69) is 5.32 Å². The second-order valence-electron chi connectivity index (χ2n) is 10.3. The highest BCUT2D eigenvalue weighted by Crippen LogP contribution is 2.35. The predicted molar refractivity (Wildman–Crippen MR) is 143 cm³/mol. The van der Waals surface area contributed by atoms with Crippen molar-refractivity contribution in [1.82, 2.24) is 5.32 Å². The summed E-state index contributed by atoms with van der Waals surface area (Å²) in [6.07, 6.45) is 3.55. The maximum Gasteiger partial charge on any atom is 0.219 e. The Labute approximate surface area is 228 Å². The molecule has 10 nitrogen and oxygen atoms in total. The van der Waals surface area contributed by atoms with Crippen LogP contribution in [0.25, 0.3) is 0 Å². The fourth-order valence-electron chi connectivity index (χ4n) is 5.14. The molecule has 0 aromatic rings. The van der Waals surface area contributed by atoms with Crippen LogP contribution in [0.15, 0.2) is 0 Å². The van der Waals surface area contributed by atoms with Gasteiger partial charge in [-0.05, 0) is 44.4 Å². The van der Waals surface area contributed by atoms with Crippen LogP contribution in [0, 0.1) is 17.8 Å². The number of aliphatic hydroxyl groups is 4. The highest BCUT2D eigenvalue weighted by atomic mass is 16.7. The van der Waals surface area contributed by atoms with Crippen molar-refractivity contribution < 1.29 is 44.2 Å². The summed E-state index contributed by atoms with van der Waals surface area (Å²) in [5, 5.41) is 41.6. The monoisotopic (exact) mass is 547 g/mol. The summed E-state index contributed by atoms with van der Waals surface area (Å²) in [6, 6.07) is 0. The van der Waals surface area contributed by atoms with Crippen LogP contribution in [0.5, 0.6) is 0 Å². The molecule has 8 atom stereocenters. The number of amides is 1. The van der Waals surface area contributed by atoms with Gasteiger partial charge < -0.3 is 40.0 Å². The van der Waals surface area contributed by atoms with Gasteiger partial charge in [0.25, 0.3) is 0 Å². The Morgan fingerprint density at radius 2 is 1.61 bits per heavy atom. The first-order valence-electron chi connectivity index (χ1n) is 14.5. The van der Waals surface area contributed by atoms with E-state index in [0.29, 0.717) is 32.4 Å². The summed E-state index contributed by atoms with van der Waals surface area (Å²) >= 11 is 0. The SMILES string of the molecule is CC.CO[C@H]1CC(C(=O)CCCCCNC(=O)CCCCCO[C@@H]2OC(CO)[C@H](O)[C@H](O)C2C)[C@H](CO)C1. The molecular weight excluding hydrogens is 494 g/mol. The quantitative estimate of drug-likeness (QED) is 0.172. The molecule has 1 saturated heterocycles. The van der Waals surface area contributed by atoms with Crippen LogP contribution < -0.4 is 5.32 Å². The molecule has 38 heavy (non-hydrogen) atoms. The van der Waals surface area contributed by atoms with Gasteiger partial charge in [0.15, 0.2) is 6.29 Å². The van der Waals surface area contributed by atoms with Crippen LogP contribution in [-0.4, -0.2) is 96.3 Å². The van der Waals surface area contributed by atoms with Gasteiger partial charge in [0.05, 0.1) is 18.8 Å². The molecule has 0 aromatic heterocycles. The third-order valence-corrected chi connectivity index (χ3v) is 7.57. The van der Waals surface area contributed by atoms with Crippen molar-refractivity contribution in [2.45, 2.75) is 116 Å². The van der Waals surface area contributed by atoms with Gasteiger partial charge in [0.1, 0.15) is 18.0 Å². The van der Waals surface area contributed by atoms with Gasteiger partial charge in [-0.1, -0.05) is 33.6 Å². The van der Waals surface area contributed by atoms with Crippen LogP contribution in [0.2, 0.25) is 0 Å². The number of hydrogen-bond donors (Lipinski definition) is 5. The van der Waals surface area contributed by atoms with Crippen molar-refractivity contribution in [2.24, 2.45) is 17.8 Å². The summed E-state index contributed by atoms with van der Waals surface area (Å²) in [6.45, 7) is 6.38. The summed E-state index contributed by atoms with van der Waals surface area (Å²) < 4.78 is 16.6. The van der Waals surface area contributed by atoms with E-state index in [0.717, 1.165) is 44.9 Å². The Morgan fingerprint density at radius 1 is 0.921 bits per heavy atom. The molecule has 1 heterocycles. The van der Waals surface area contributed by atoms with E-state index in [-0.39, 0.29) is 36.2 Å². The van der Waals surface area contributed by atoms with Gasteiger partial charge in [-0.3, -0.25) is 9.59 Å². The number of ether oxygens (including phenoxy) is 3. The minimum absolute atomic E-state index is 0.0120. The number of nitrogens with one attached hydrogen (secondary N) is 1. The zero-order valence-electron chi connectivity index (χ0n) is 23.8. The van der Waals surface area contributed by atoms with Gasteiger partial charge in [0.2, 0.25) is 5.91 Å². The largest absolute Gasteiger partial charge is 0.396 e. The summed E-state index contributed by atoms with van der Waals surface area (Å²) in [4.78, 5) is 24.5. The van der Waals surface area contributed by atoms with Crippen molar-refractivity contribution in [3.63, 3.8) is 0 Å². The first kappa shape index (κ1) is 34.9. The Balaban J connectivity index is 0.00000352. The maximum atomic E-state index is 12.5. The summed E-state index contributed by atoms with van der Waals surface area (Å²) in [7, 11) is 1.65. The Bertz CT molecular complexity index is 648. The van der Waals surface area contributed by atoms with Crippen LogP contribution in [0.3, 0.4) is 0 Å². The first-order chi connectivity index (χ1) is 18.3. The van der Waals surface area contributed by atoms with E-state index in [1.807, 2.05) is 13.8 Å². The molecule has 1 saturated carbocycles. The zero-order valence-corrected chi connectivity index (χ0v) is 23.8. The number of methoxy groups -OCH3 is 1. The van der Waals surface area contributed by atoms with Crippen molar-refractivity contribution in [3.05, 3.63) is 0 Å². The maximum absolute atomic E-state index is 12.5. The Hall–Kier alpha value is -1.14. The molecule has 1 aliphatic heterocycles. The molecule has 0 aromatic carbocycles. The molecule has 2 rings (SSSR count). The van der Waals surface area contributed by atoms with Crippen LogP contribution >= 0.6 is 0 Å². The first-order valence-corrected chi connectivity index (χ1v) is 14.5. The summed E-state index contributed by atoms with van der Waals surface area (Å²) in [5.41, 5.74) is 0. The number of ketones is 1. The number of aliphatic hydroxyl groups excluding tert-OH is 4. The van der Waals surface area contributed by atoms with Crippen molar-refractivity contribution in [3.8, 4) is 0 Å². The van der Waals surface area contributed by atoms with Crippen LogP contribution in [0.4, 0.5) is 0 Å². The molecule has 0 bridgehead atoms. The number of unbranched alkanes of at least 4 members (excludes halogenated alkanes) is 4. The molecule has 224 valence electrons. The average molecular weight is 548 g/mol. The number of hydrogen-bond acceptors (Lipinski definition) is 9. The highest BCUT2D eigenvalue weighted by Gasteiger charge is 2.42. The minimum Gasteiger partial charge on any atom is -0.396 e.